The van der Waals surface area contributed by atoms with Crippen LogP contribution in [0.15, 0.2) is 41.5 Å². The number of aliphatic hydroxyl groups excluding tert-OH is 1. The summed E-state index contributed by atoms with van der Waals surface area (Å²) in [5.74, 6) is 0.210. The average Bonchev–Trinajstić information content (AvgIpc) is 2.78. The Hall–Kier alpha value is -2.35. The van der Waals surface area contributed by atoms with E-state index in [9.17, 15) is 14.3 Å². The summed E-state index contributed by atoms with van der Waals surface area (Å²) in [4.78, 5) is 23.0. The van der Waals surface area contributed by atoms with E-state index < -0.39 is 5.82 Å². The van der Waals surface area contributed by atoms with Crippen molar-refractivity contribution in [2.45, 2.75) is 38.8 Å². The molecule has 0 aliphatic carbocycles. The van der Waals surface area contributed by atoms with Gasteiger partial charge in [0.05, 0.1) is 34.6 Å². The second-order valence-corrected chi connectivity index (χ2v) is 8.54. The second-order valence-electron chi connectivity index (χ2n) is 8.13. The molecule has 0 saturated carbocycles. The summed E-state index contributed by atoms with van der Waals surface area (Å²) < 4.78 is 15.2. The van der Waals surface area contributed by atoms with Gasteiger partial charge in [0.2, 0.25) is 0 Å². The molecule has 0 amide bonds. The number of fused-ring (bicyclic) bond motifs is 1. The van der Waals surface area contributed by atoms with Gasteiger partial charge in [-0.1, -0.05) is 11.6 Å². The van der Waals surface area contributed by atoms with Crippen LogP contribution in [0.3, 0.4) is 0 Å². The minimum atomic E-state index is -0.435. The van der Waals surface area contributed by atoms with Gasteiger partial charge in [0.15, 0.2) is 0 Å². The number of aromatic nitrogens is 3. The minimum Gasteiger partial charge on any atom is -0.390 e. The summed E-state index contributed by atoms with van der Waals surface area (Å²) >= 11 is 6.13. The molecular weight excluding hydrogens is 419 g/mol. The average molecular weight is 445 g/mol. The first-order valence-electron chi connectivity index (χ1n) is 10.6. The molecule has 6 nitrogen and oxygen atoms in total. The van der Waals surface area contributed by atoms with Gasteiger partial charge in [-0.2, -0.15) is 0 Å². The van der Waals surface area contributed by atoms with E-state index in [1.807, 2.05) is 6.07 Å². The number of halogens is 2. The van der Waals surface area contributed by atoms with E-state index >= 15 is 0 Å². The van der Waals surface area contributed by atoms with Crippen LogP contribution in [0, 0.1) is 11.7 Å². The van der Waals surface area contributed by atoms with Gasteiger partial charge in [0, 0.05) is 31.4 Å². The first kappa shape index (κ1) is 21.9. The Morgan fingerprint density at radius 3 is 2.68 bits per heavy atom. The highest BCUT2D eigenvalue weighted by Crippen LogP contribution is 2.24. The quantitative estimate of drug-likeness (QED) is 0.604. The van der Waals surface area contributed by atoms with Crippen LogP contribution in [0.1, 0.15) is 30.5 Å². The molecule has 4 rings (SSSR count). The zero-order valence-electron chi connectivity index (χ0n) is 17.3. The molecule has 4 heterocycles. The fourth-order valence-electron chi connectivity index (χ4n) is 4.24. The number of aliphatic hydroxyl groups is 1. The molecule has 0 aromatic carbocycles. The second kappa shape index (κ2) is 9.85. The molecule has 8 heteroatoms. The topological polar surface area (TPSA) is 71.2 Å². The molecule has 3 aromatic rings. The van der Waals surface area contributed by atoms with Gasteiger partial charge < -0.3 is 14.6 Å². The van der Waals surface area contributed by atoms with Gasteiger partial charge >= 0.3 is 0 Å². The van der Waals surface area contributed by atoms with Crippen LogP contribution in [-0.2, 0) is 19.6 Å². The highest BCUT2D eigenvalue weighted by molar-refractivity contribution is 6.31. The lowest BCUT2D eigenvalue weighted by molar-refractivity contribution is 0.174. The number of pyridine rings is 3. The van der Waals surface area contributed by atoms with Gasteiger partial charge in [-0.05, 0) is 62.4 Å². The molecule has 0 radical (unpaired) electrons. The van der Waals surface area contributed by atoms with Crippen LogP contribution in [0.4, 0.5) is 4.39 Å². The van der Waals surface area contributed by atoms with Gasteiger partial charge in [0.25, 0.3) is 5.56 Å². The lowest BCUT2D eigenvalue weighted by Crippen LogP contribution is -2.37. The minimum absolute atomic E-state index is 0.130. The van der Waals surface area contributed by atoms with E-state index in [2.05, 4.69) is 14.9 Å². The van der Waals surface area contributed by atoms with Crippen molar-refractivity contribution in [1.82, 2.24) is 19.4 Å². The Labute approximate surface area is 185 Å². The normalized spacial score (nSPS) is 15.6. The third-order valence-electron chi connectivity index (χ3n) is 6.12. The van der Waals surface area contributed by atoms with Crippen molar-refractivity contribution in [2.24, 2.45) is 5.92 Å². The Morgan fingerprint density at radius 2 is 1.94 bits per heavy atom. The maximum Gasteiger partial charge on any atom is 0.251 e. The summed E-state index contributed by atoms with van der Waals surface area (Å²) in [5.41, 5.74) is 2.65. The molecule has 0 atom stereocenters. The van der Waals surface area contributed by atoms with E-state index in [-0.39, 0.29) is 12.2 Å². The first-order chi connectivity index (χ1) is 15.0. The van der Waals surface area contributed by atoms with Crippen LogP contribution in [-0.4, -0.2) is 44.2 Å². The molecule has 1 aliphatic heterocycles. The van der Waals surface area contributed by atoms with E-state index in [1.165, 1.54) is 18.3 Å². The predicted molar refractivity (Wildman–Crippen MR) is 119 cm³/mol. The van der Waals surface area contributed by atoms with Crippen molar-refractivity contribution >= 4 is 22.6 Å². The first-order valence-corrected chi connectivity index (χ1v) is 11.0. The van der Waals surface area contributed by atoms with Gasteiger partial charge in [-0.25, -0.2) is 4.39 Å². The number of nitrogens with zero attached hydrogens (tertiary/aromatic N) is 4. The zero-order valence-corrected chi connectivity index (χ0v) is 18.1. The fraction of sp³-hybridized carbons (Fsp3) is 0.435. The summed E-state index contributed by atoms with van der Waals surface area (Å²) in [7, 11) is 0. The smallest absolute Gasteiger partial charge is 0.251 e. The third-order valence-corrected chi connectivity index (χ3v) is 6.44. The van der Waals surface area contributed by atoms with Crippen LogP contribution < -0.4 is 5.56 Å². The van der Waals surface area contributed by atoms with E-state index in [0.717, 1.165) is 50.9 Å². The zero-order chi connectivity index (χ0) is 21.8. The highest BCUT2D eigenvalue weighted by Gasteiger charge is 2.19. The predicted octanol–water partition coefficient (Wildman–Crippen LogP) is 3.42. The maximum absolute atomic E-state index is 13.6. The molecule has 0 unspecified atom stereocenters. The number of hydrogen-bond donors (Lipinski definition) is 1. The van der Waals surface area contributed by atoms with Crippen LogP contribution in [0.2, 0.25) is 5.02 Å². The SMILES string of the molecule is O=c1ccc2ncc(F)cc2n1CCN1CCC(CCc2cnc(CO)c(Cl)c2)CC1. The summed E-state index contributed by atoms with van der Waals surface area (Å²) in [6.45, 7) is 3.10. The Morgan fingerprint density at radius 1 is 1.13 bits per heavy atom. The van der Waals surface area contributed by atoms with Crippen molar-refractivity contribution < 1.29 is 9.50 Å². The Kier molecular flexibility index (Phi) is 6.95. The van der Waals surface area contributed by atoms with Crippen molar-refractivity contribution in [2.75, 3.05) is 19.6 Å². The molecule has 31 heavy (non-hydrogen) atoms. The number of aryl methyl sites for hydroxylation is 1. The van der Waals surface area contributed by atoms with Crippen molar-refractivity contribution in [3.8, 4) is 0 Å². The van der Waals surface area contributed by atoms with Crippen molar-refractivity contribution in [1.29, 1.82) is 0 Å². The van der Waals surface area contributed by atoms with Gasteiger partial charge in [0.1, 0.15) is 5.82 Å². The summed E-state index contributed by atoms with van der Waals surface area (Å²) in [6, 6.07) is 6.41. The van der Waals surface area contributed by atoms with E-state index in [1.54, 1.807) is 16.8 Å². The standard InChI is InChI=1S/C23H26ClFN4O2/c24-19-11-17(13-26-21(19)15-30)2-1-16-5-7-28(8-6-16)9-10-29-22-12-18(25)14-27-20(22)3-4-23(29)31/h3-4,11-14,16,30H,1-2,5-10,15H2. The molecule has 1 fully saturated rings. The number of likely N-dealkylation sites (tertiary alicyclic amines) is 1. The maximum atomic E-state index is 13.6. The third kappa shape index (κ3) is 5.29. The number of rotatable bonds is 7. The van der Waals surface area contributed by atoms with Crippen molar-refractivity contribution in [3.63, 3.8) is 0 Å². The number of hydrogen-bond acceptors (Lipinski definition) is 5. The molecule has 0 spiro atoms. The molecule has 1 aliphatic rings. The van der Waals surface area contributed by atoms with Crippen LogP contribution in [0.5, 0.6) is 0 Å². The van der Waals surface area contributed by atoms with Gasteiger partial charge in [-0.15, -0.1) is 0 Å². The Balaban J connectivity index is 1.29. The van der Waals surface area contributed by atoms with Crippen molar-refractivity contribution in [3.05, 3.63) is 69.1 Å². The fourth-order valence-corrected chi connectivity index (χ4v) is 4.49. The lowest BCUT2D eigenvalue weighted by Gasteiger charge is -2.32. The highest BCUT2D eigenvalue weighted by atomic mass is 35.5. The molecular formula is C23H26ClFN4O2. The van der Waals surface area contributed by atoms with Crippen LogP contribution >= 0.6 is 11.6 Å². The number of piperidine rings is 1. The largest absolute Gasteiger partial charge is 0.390 e. The lowest BCUT2D eigenvalue weighted by atomic mass is 9.91. The molecule has 3 aromatic heterocycles. The molecule has 164 valence electrons. The Bertz CT molecular complexity index is 1110. The van der Waals surface area contributed by atoms with Crippen LogP contribution in [0.25, 0.3) is 11.0 Å². The van der Waals surface area contributed by atoms with E-state index in [0.29, 0.717) is 34.2 Å². The summed E-state index contributed by atoms with van der Waals surface area (Å²) in [5, 5.41) is 9.70. The monoisotopic (exact) mass is 444 g/mol. The van der Waals surface area contributed by atoms with E-state index in [4.69, 9.17) is 11.6 Å². The van der Waals surface area contributed by atoms with Gasteiger partial charge in [-0.3, -0.25) is 14.8 Å². The molecule has 1 saturated heterocycles. The molecule has 0 bridgehead atoms. The molecule has 1 N–H and O–H groups in total. The summed E-state index contributed by atoms with van der Waals surface area (Å²) in [6.07, 6.45) is 7.19.